The lowest BCUT2D eigenvalue weighted by molar-refractivity contribution is -0.117. The molecule has 174 valence electrons. The van der Waals surface area contributed by atoms with E-state index in [1.807, 2.05) is 43.0 Å². The zero-order chi connectivity index (χ0) is 22.3. The van der Waals surface area contributed by atoms with Gasteiger partial charge in [0, 0.05) is 64.6 Å². The first kappa shape index (κ1) is 24.1. The van der Waals surface area contributed by atoms with Crippen molar-refractivity contribution in [3.05, 3.63) is 29.8 Å². The number of carbonyl (C=O) groups excluding carboxylic acids is 1. The molecule has 0 aromatic heterocycles. The first-order chi connectivity index (χ1) is 14.9. The number of hydrogen-bond donors (Lipinski definition) is 1. The zero-order valence-electron chi connectivity index (χ0n) is 18.6. The number of rotatable bonds is 9. The van der Waals surface area contributed by atoms with Gasteiger partial charge in [0.15, 0.2) is 0 Å². The second-order valence-electron chi connectivity index (χ2n) is 7.90. The molecule has 0 unspecified atom stereocenters. The number of benzene rings is 1. The minimum Gasteiger partial charge on any atom is -0.379 e. The molecule has 31 heavy (non-hydrogen) atoms. The van der Waals surface area contributed by atoms with Gasteiger partial charge >= 0.3 is 0 Å². The van der Waals surface area contributed by atoms with Gasteiger partial charge < -0.3 is 10.1 Å². The molecular formula is C21H35N5O4S. The van der Waals surface area contributed by atoms with Crippen molar-refractivity contribution in [2.24, 2.45) is 0 Å². The van der Waals surface area contributed by atoms with Crippen LogP contribution in [0.3, 0.4) is 0 Å². The molecule has 2 saturated heterocycles. The quantitative estimate of drug-likeness (QED) is 0.591. The Kier molecular flexibility index (Phi) is 8.82. The number of piperazine rings is 1. The van der Waals surface area contributed by atoms with E-state index in [1.165, 1.54) is 14.2 Å². The fourth-order valence-corrected chi connectivity index (χ4v) is 5.55. The molecule has 1 amide bonds. The average Bonchev–Trinajstić information content (AvgIpc) is 2.77. The van der Waals surface area contributed by atoms with Crippen LogP contribution in [0.15, 0.2) is 24.3 Å². The van der Waals surface area contributed by atoms with Gasteiger partial charge in [-0.25, -0.2) is 0 Å². The fraction of sp³-hybridized carbons (Fsp3) is 0.667. The van der Waals surface area contributed by atoms with Crippen LogP contribution in [0.4, 0.5) is 5.69 Å². The Morgan fingerprint density at radius 2 is 1.58 bits per heavy atom. The molecule has 2 fully saturated rings. The van der Waals surface area contributed by atoms with Crippen LogP contribution in [0.2, 0.25) is 0 Å². The lowest BCUT2D eigenvalue weighted by Gasteiger charge is -2.35. The van der Waals surface area contributed by atoms with Crippen molar-refractivity contribution >= 4 is 21.8 Å². The Hall–Kier alpha value is -1.56. The Bertz CT molecular complexity index is 800. The SMILES string of the molecule is CCN(CC)S(=O)(=O)N1CCN(CC(=O)Nc2ccc(CN3CCOCC3)cc2)CC1. The van der Waals surface area contributed by atoms with E-state index in [1.54, 1.807) is 0 Å². The summed E-state index contributed by atoms with van der Waals surface area (Å²) in [4.78, 5) is 16.8. The highest BCUT2D eigenvalue weighted by Crippen LogP contribution is 2.14. The smallest absolute Gasteiger partial charge is 0.282 e. The highest BCUT2D eigenvalue weighted by molar-refractivity contribution is 7.86. The summed E-state index contributed by atoms with van der Waals surface area (Å²) in [6.07, 6.45) is 0. The van der Waals surface area contributed by atoms with Crippen molar-refractivity contribution in [1.82, 2.24) is 18.4 Å². The van der Waals surface area contributed by atoms with E-state index >= 15 is 0 Å². The zero-order valence-corrected chi connectivity index (χ0v) is 19.4. The summed E-state index contributed by atoms with van der Waals surface area (Å²) in [5.74, 6) is -0.0824. The Labute approximate surface area is 186 Å². The minimum absolute atomic E-state index is 0.0824. The van der Waals surface area contributed by atoms with Gasteiger partial charge in [0.05, 0.1) is 19.8 Å². The van der Waals surface area contributed by atoms with Gasteiger partial charge in [-0.05, 0) is 17.7 Å². The van der Waals surface area contributed by atoms with Gasteiger partial charge in [-0.3, -0.25) is 14.6 Å². The van der Waals surface area contributed by atoms with Crippen LogP contribution in [0.25, 0.3) is 0 Å². The molecular weight excluding hydrogens is 418 g/mol. The first-order valence-corrected chi connectivity index (χ1v) is 12.5. The van der Waals surface area contributed by atoms with Crippen molar-refractivity contribution in [3.8, 4) is 0 Å². The van der Waals surface area contributed by atoms with Crippen LogP contribution in [0.1, 0.15) is 19.4 Å². The van der Waals surface area contributed by atoms with E-state index in [9.17, 15) is 13.2 Å². The van der Waals surface area contributed by atoms with Gasteiger partial charge in [0.25, 0.3) is 10.2 Å². The maximum atomic E-state index is 12.6. The third-order valence-corrected chi connectivity index (χ3v) is 7.99. The number of ether oxygens (including phenoxy) is 1. The molecule has 0 radical (unpaired) electrons. The summed E-state index contributed by atoms with van der Waals surface area (Å²) in [7, 11) is -3.41. The summed E-state index contributed by atoms with van der Waals surface area (Å²) in [6.45, 7) is 11.1. The van der Waals surface area contributed by atoms with Gasteiger partial charge in [-0.2, -0.15) is 17.0 Å². The van der Waals surface area contributed by atoms with Gasteiger partial charge in [0.2, 0.25) is 5.91 Å². The van der Waals surface area contributed by atoms with Gasteiger partial charge in [0.1, 0.15) is 0 Å². The molecule has 2 heterocycles. The molecule has 1 aromatic carbocycles. The van der Waals surface area contributed by atoms with E-state index in [4.69, 9.17) is 4.74 Å². The highest BCUT2D eigenvalue weighted by atomic mass is 32.2. The fourth-order valence-electron chi connectivity index (χ4n) is 3.95. The number of carbonyl (C=O) groups is 1. The molecule has 3 rings (SSSR count). The van der Waals surface area contributed by atoms with E-state index < -0.39 is 10.2 Å². The van der Waals surface area contributed by atoms with Crippen molar-refractivity contribution < 1.29 is 17.9 Å². The van der Waals surface area contributed by atoms with E-state index in [-0.39, 0.29) is 12.5 Å². The molecule has 2 aliphatic heterocycles. The number of morpholine rings is 1. The lowest BCUT2D eigenvalue weighted by atomic mass is 10.2. The van der Waals surface area contributed by atoms with E-state index in [0.29, 0.717) is 39.3 Å². The molecule has 0 saturated carbocycles. The normalized spacial score (nSPS) is 19.6. The van der Waals surface area contributed by atoms with Gasteiger partial charge in [-0.15, -0.1) is 0 Å². The van der Waals surface area contributed by atoms with E-state index in [0.717, 1.165) is 38.5 Å². The number of nitrogens with zero attached hydrogens (tertiary/aromatic N) is 4. The summed E-state index contributed by atoms with van der Waals surface area (Å²) < 4.78 is 33.6. The molecule has 0 bridgehead atoms. The summed E-state index contributed by atoms with van der Waals surface area (Å²) in [5.41, 5.74) is 1.99. The van der Waals surface area contributed by atoms with Gasteiger partial charge in [-0.1, -0.05) is 26.0 Å². The minimum atomic E-state index is -3.41. The molecule has 0 aliphatic carbocycles. The van der Waals surface area contributed by atoms with Crippen molar-refractivity contribution in [2.45, 2.75) is 20.4 Å². The van der Waals surface area contributed by atoms with Crippen LogP contribution in [-0.4, -0.2) is 105 Å². The summed E-state index contributed by atoms with van der Waals surface area (Å²) >= 11 is 0. The summed E-state index contributed by atoms with van der Waals surface area (Å²) in [6, 6.07) is 7.95. The van der Waals surface area contributed by atoms with Crippen LogP contribution in [0, 0.1) is 0 Å². The molecule has 2 aliphatic rings. The Balaban J connectivity index is 1.43. The molecule has 0 atom stereocenters. The first-order valence-electron chi connectivity index (χ1n) is 11.1. The van der Waals surface area contributed by atoms with Crippen LogP contribution in [-0.2, 0) is 26.3 Å². The highest BCUT2D eigenvalue weighted by Gasteiger charge is 2.31. The number of nitrogens with one attached hydrogen (secondary N) is 1. The second kappa shape index (κ2) is 11.3. The standard InChI is InChI=1S/C21H35N5O4S/c1-3-25(4-2)31(28,29)26-11-9-23(10-12-26)18-21(27)22-20-7-5-19(6-8-20)17-24-13-15-30-16-14-24/h5-8H,3-4,9-18H2,1-2H3,(H,22,27). The van der Waals surface area contributed by atoms with Crippen LogP contribution >= 0.6 is 0 Å². The molecule has 1 N–H and O–H groups in total. The lowest BCUT2D eigenvalue weighted by Crippen LogP contribution is -2.54. The molecule has 1 aromatic rings. The third kappa shape index (κ3) is 6.71. The van der Waals surface area contributed by atoms with Crippen molar-refractivity contribution in [1.29, 1.82) is 0 Å². The monoisotopic (exact) mass is 453 g/mol. The maximum absolute atomic E-state index is 12.6. The van der Waals surface area contributed by atoms with Crippen molar-refractivity contribution in [3.63, 3.8) is 0 Å². The second-order valence-corrected chi connectivity index (χ2v) is 9.83. The molecule has 10 heteroatoms. The number of hydrogen-bond acceptors (Lipinski definition) is 6. The topological polar surface area (TPSA) is 85.4 Å². The Morgan fingerprint density at radius 1 is 0.968 bits per heavy atom. The van der Waals surface area contributed by atoms with E-state index in [2.05, 4.69) is 10.2 Å². The predicted octanol–water partition coefficient (Wildman–Crippen LogP) is 0.662. The predicted molar refractivity (Wildman–Crippen MR) is 121 cm³/mol. The Morgan fingerprint density at radius 3 is 2.16 bits per heavy atom. The van der Waals surface area contributed by atoms with Crippen LogP contribution in [0.5, 0.6) is 0 Å². The third-order valence-electron chi connectivity index (χ3n) is 5.80. The molecule has 0 spiro atoms. The largest absolute Gasteiger partial charge is 0.379 e. The number of anilines is 1. The average molecular weight is 454 g/mol. The maximum Gasteiger partial charge on any atom is 0.282 e. The summed E-state index contributed by atoms with van der Waals surface area (Å²) in [5, 5.41) is 2.94. The molecule has 9 nitrogen and oxygen atoms in total. The number of amides is 1. The van der Waals surface area contributed by atoms with Crippen molar-refractivity contribution in [2.75, 3.05) is 77.4 Å². The van der Waals surface area contributed by atoms with Crippen LogP contribution < -0.4 is 5.32 Å².